The third-order valence-corrected chi connectivity index (χ3v) is 4.25. The fraction of sp³-hybridized carbons (Fsp3) is 0.444. The van der Waals surface area contributed by atoms with E-state index in [2.05, 4.69) is 34.6 Å². The van der Waals surface area contributed by atoms with E-state index in [-0.39, 0.29) is 18.2 Å². The number of rotatable bonds is 6. The number of ether oxygens (including phenoxy) is 1. The van der Waals surface area contributed by atoms with Crippen molar-refractivity contribution < 1.29 is 14.3 Å². The van der Waals surface area contributed by atoms with Crippen molar-refractivity contribution in [1.29, 1.82) is 0 Å². The summed E-state index contributed by atoms with van der Waals surface area (Å²) in [5, 5.41) is 9.86. The first-order valence-corrected chi connectivity index (χ1v) is 8.90. The number of amides is 3. The lowest BCUT2D eigenvalue weighted by Gasteiger charge is -2.20. The Morgan fingerprint density at radius 2 is 2.19 bits per heavy atom. The van der Waals surface area contributed by atoms with E-state index in [1.165, 1.54) is 11.2 Å². The molecule has 2 N–H and O–H groups in total. The second-order valence-electron chi connectivity index (χ2n) is 6.84. The monoisotopic (exact) mass is 372 g/mol. The first-order chi connectivity index (χ1) is 12.9. The minimum atomic E-state index is -0.379. The molecule has 2 heterocycles. The lowest BCUT2D eigenvalue weighted by molar-refractivity contribution is 0.181. The second-order valence-corrected chi connectivity index (χ2v) is 6.84. The van der Waals surface area contributed by atoms with Gasteiger partial charge < -0.3 is 15.4 Å². The summed E-state index contributed by atoms with van der Waals surface area (Å²) >= 11 is 0. The quantitative estimate of drug-likeness (QED) is 0.812. The predicted molar refractivity (Wildman–Crippen MR) is 100 cm³/mol. The summed E-state index contributed by atoms with van der Waals surface area (Å²) in [7, 11) is 1.80. The molecular weight excluding hydrogens is 348 g/mol. The number of carbonyl (C=O) groups is 2. The molecule has 0 saturated carbocycles. The van der Waals surface area contributed by atoms with Crippen LogP contribution in [0.15, 0.2) is 30.6 Å². The van der Waals surface area contributed by atoms with Gasteiger partial charge in [0.05, 0.1) is 12.6 Å². The zero-order valence-corrected chi connectivity index (χ0v) is 15.7. The van der Waals surface area contributed by atoms with Crippen molar-refractivity contribution in [2.24, 2.45) is 13.0 Å². The highest BCUT2D eigenvalue weighted by molar-refractivity contribution is 5.93. The molecule has 0 radical (unpaired) electrons. The first-order valence-electron chi connectivity index (χ1n) is 8.90. The lowest BCUT2D eigenvalue weighted by atomic mass is 10.0. The Kier molecular flexibility index (Phi) is 5.58. The minimum Gasteiger partial charge on any atom is -0.447 e. The van der Waals surface area contributed by atoms with E-state index in [1.807, 2.05) is 0 Å². The third kappa shape index (κ3) is 4.55. The molecule has 3 rings (SSSR count). The highest BCUT2D eigenvalue weighted by Gasteiger charge is 2.24. The highest BCUT2D eigenvalue weighted by Crippen LogP contribution is 2.23. The second kappa shape index (κ2) is 8.07. The molecule has 1 aliphatic rings. The zero-order chi connectivity index (χ0) is 19.4. The smallest absolute Gasteiger partial charge is 0.414 e. The molecule has 27 heavy (non-hydrogen) atoms. The van der Waals surface area contributed by atoms with Crippen LogP contribution in [0.4, 0.5) is 21.0 Å². The molecule has 3 amide bonds. The van der Waals surface area contributed by atoms with Crippen molar-refractivity contribution >= 4 is 23.5 Å². The van der Waals surface area contributed by atoms with E-state index in [0.717, 1.165) is 6.42 Å². The Hall–Kier alpha value is -3.10. The fourth-order valence-electron chi connectivity index (χ4n) is 3.03. The van der Waals surface area contributed by atoms with Gasteiger partial charge in [-0.2, -0.15) is 5.10 Å². The van der Waals surface area contributed by atoms with Crippen molar-refractivity contribution in [3.05, 3.63) is 36.4 Å². The lowest BCUT2D eigenvalue weighted by Crippen LogP contribution is -2.34. The minimum absolute atomic E-state index is 0.255. The average Bonchev–Trinajstić information content (AvgIpc) is 3.22. The van der Waals surface area contributed by atoms with Gasteiger partial charge in [-0.3, -0.25) is 9.58 Å². The Balaban J connectivity index is 1.69. The molecule has 144 valence electrons. The third-order valence-electron chi connectivity index (χ3n) is 4.25. The molecule has 0 aliphatic carbocycles. The van der Waals surface area contributed by atoms with Gasteiger partial charge in [0.25, 0.3) is 0 Å². The summed E-state index contributed by atoms with van der Waals surface area (Å²) in [4.78, 5) is 30.0. The molecule has 0 bridgehead atoms. The zero-order valence-electron chi connectivity index (χ0n) is 15.7. The van der Waals surface area contributed by atoms with Crippen LogP contribution in [0, 0.1) is 5.92 Å². The van der Waals surface area contributed by atoms with Crippen LogP contribution in [0.2, 0.25) is 0 Å². The number of hydrogen-bond acceptors (Lipinski definition) is 5. The molecule has 1 aromatic heterocycles. The Labute approximate surface area is 157 Å². The Morgan fingerprint density at radius 3 is 2.81 bits per heavy atom. The molecule has 9 heteroatoms. The van der Waals surface area contributed by atoms with Crippen LogP contribution in [0.3, 0.4) is 0 Å². The number of hydrogen-bond donors (Lipinski definition) is 2. The van der Waals surface area contributed by atoms with Crippen molar-refractivity contribution in [1.82, 2.24) is 20.1 Å². The SMILES string of the molecule is CC(C)C[C@H](NC(=O)Nc1cccc(N2CCOC2=O)c1)c1ncnn1C. The normalized spacial score (nSPS) is 15.0. The summed E-state index contributed by atoms with van der Waals surface area (Å²) in [6.07, 6.45) is 1.83. The number of aromatic nitrogens is 3. The molecule has 9 nitrogen and oxygen atoms in total. The maximum atomic E-state index is 12.5. The van der Waals surface area contributed by atoms with E-state index in [1.54, 1.807) is 36.0 Å². The van der Waals surface area contributed by atoms with E-state index in [0.29, 0.717) is 36.3 Å². The summed E-state index contributed by atoms with van der Waals surface area (Å²) < 4.78 is 6.61. The number of cyclic esters (lactones) is 1. The molecule has 1 atom stereocenters. The van der Waals surface area contributed by atoms with Crippen LogP contribution in [-0.4, -0.2) is 40.0 Å². The van der Waals surface area contributed by atoms with Gasteiger partial charge in [-0.15, -0.1) is 0 Å². The van der Waals surface area contributed by atoms with Crippen molar-refractivity contribution in [3.8, 4) is 0 Å². The number of urea groups is 1. The molecule has 1 aromatic carbocycles. The van der Waals surface area contributed by atoms with Crippen LogP contribution < -0.4 is 15.5 Å². The van der Waals surface area contributed by atoms with Gasteiger partial charge in [-0.25, -0.2) is 14.6 Å². The molecule has 1 aliphatic heterocycles. The van der Waals surface area contributed by atoms with Gasteiger partial charge in [0.1, 0.15) is 18.8 Å². The molecule has 1 saturated heterocycles. The van der Waals surface area contributed by atoms with Crippen LogP contribution in [0.25, 0.3) is 0 Å². The van der Waals surface area contributed by atoms with Gasteiger partial charge in [0, 0.05) is 18.4 Å². The molecular formula is C18H24N6O3. The number of nitrogens with zero attached hydrogens (tertiary/aromatic N) is 4. The van der Waals surface area contributed by atoms with Crippen LogP contribution >= 0.6 is 0 Å². The fourth-order valence-corrected chi connectivity index (χ4v) is 3.03. The maximum absolute atomic E-state index is 12.5. The van der Waals surface area contributed by atoms with E-state index in [4.69, 9.17) is 4.74 Å². The Bertz CT molecular complexity index is 819. The van der Waals surface area contributed by atoms with E-state index >= 15 is 0 Å². The average molecular weight is 372 g/mol. The number of nitrogens with one attached hydrogen (secondary N) is 2. The van der Waals surface area contributed by atoms with Gasteiger partial charge >= 0.3 is 12.1 Å². The van der Waals surface area contributed by atoms with Gasteiger partial charge in [0.2, 0.25) is 0 Å². The molecule has 0 unspecified atom stereocenters. The van der Waals surface area contributed by atoms with Crippen LogP contribution in [0.5, 0.6) is 0 Å². The standard InChI is InChI=1S/C18H24N6O3/c1-12(2)9-15(16-19-11-20-23(16)3)22-17(25)21-13-5-4-6-14(10-13)24-7-8-27-18(24)26/h4-6,10-12,15H,7-9H2,1-3H3,(H2,21,22,25)/t15-/m0/s1. The molecule has 1 fully saturated rings. The topological polar surface area (TPSA) is 101 Å². The number of anilines is 2. The van der Waals surface area contributed by atoms with Gasteiger partial charge in [-0.05, 0) is 30.5 Å². The molecule has 0 spiro atoms. The molecule has 2 aromatic rings. The van der Waals surface area contributed by atoms with Crippen molar-refractivity contribution in [3.63, 3.8) is 0 Å². The summed E-state index contributed by atoms with van der Waals surface area (Å²) in [5.74, 6) is 1.07. The van der Waals surface area contributed by atoms with Gasteiger partial charge in [-0.1, -0.05) is 19.9 Å². The largest absolute Gasteiger partial charge is 0.447 e. The summed E-state index contributed by atoms with van der Waals surface area (Å²) in [5.41, 5.74) is 1.27. The highest BCUT2D eigenvalue weighted by atomic mass is 16.6. The summed E-state index contributed by atoms with van der Waals surface area (Å²) in [6, 6.07) is 6.50. The maximum Gasteiger partial charge on any atom is 0.414 e. The van der Waals surface area contributed by atoms with E-state index < -0.39 is 0 Å². The van der Waals surface area contributed by atoms with Crippen molar-refractivity contribution in [2.45, 2.75) is 26.3 Å². The van der Waals surface area contributed by atoms with Crippen LogP contribution in [0.1, 0.15) is 32.1 Å². The van der Waals surface area contributed by atoms with Gasteiger partial charge in [0.15, 0.2) is 0 Å². The number of carbonyl (C=O) groups excluding carboxylic acids is 2. The number of aryl methyl sites for hydroxylation is 1. The van der Waals surface area contributed by atoms with Crippen molar-refractivity contribution in [2.75, 3.05) is 23.4 Å². The predicted octanol–water partition coefficient (Wildman–Crippen LogP) is 2.68. The number of benzene rings is 1. The van der Waals surface area contributed by atoms with E-state index in [9.17, 15) is 9.59 Å². The van der Waals surface area contributed by atoms with Crippen LogP contribution in [-0.2, 0) is 11.8 Å². The Morgan fingerprint density at radius 1 is 1.37 bits per heavy atom. The first kappa shape index (κ1) is 18.7. The summed E-state index contributed by atoms with van der Waals surface area (Å²) in [6.45, 7) is 5.03.